The summed E-state index contributed by atoms with van der Waals surface area (Å²) in [4.78, 5) is 40.7. The molecule has 3 heterocycles. The third kappa shape index (κ3) is 5.01. The molecular weight excluding hydrogens is 446 g/mol. The SMILES string of the molecule is O=C(NC[C@H]1COc2ccccc2O1)C(=O)c1cn(CC(=O)N2CCCCCC2)c2ccccc12. The Balaban J connectivity index is 1.27. The Morgan fingerprint density at radius 2 is 1.63 bits per heavy atom. The Morgan fingerprint density at radius 3 is 2.43 bits per heavy atom. The van der Waals surface area contributed by atoms with Gasteiger partial charge in [-0.15, -0.1) is 0 Å². The number of ether oxygens (including phenoxy) is 2. The fourth-order valence-electron chi connectivity index (χ4n) is 4.70. The summed E-state index contributed by atoms with van der Waals surface area (Å²) in [6.07, 6.45) is 5.56. The molecule has 1 fully saturated rings. The molecule has 2 aliphatic rings. The number of aromatic nitrogens is 1. The molecule has 8 heteroatoms. The Morgan fingerprint density at radius 1 is 0.914 bits per heavy atom. The molecule has 2 aliphatic heterocycles. The molecule has 2 aromatic carbocycles. The van der Waals surface area contributed by atoms with Gasteiger partial charge in [0, 0.05) is 30.2 Å². The average molecular weight is 476 g/mol. The van der Waals surface area contributed by atoms with Crippen molar-refractivity contribution in [2.24, 2.45) is 0 Å². The monoisotopic (exact) mass is 475 g/mol. The highest BCUT2D eigenvalue weighted by atomic mass is 16.6. The second kappa shape index (κ2) is 10.2. The number of rotatable bonds is 6. The second-order valence-corrected chi connectivity index (χ2v) is 9.02. The number of para-hydroxylation sites is 3. The second-order valence-electron chi connectivity index (χ2n) is 9.02. The number of carbonyl (C=O) groups excluding carboxylic acids is 3. The summed E-state index contributed by atoms with van der Waals surface area (Å²) in [6.45, 7) is 2.10. The van der Waals surface area contributed by atoms with Crippen molar-refractivity contribution in [1.82, 2.24) is 14.8 Å². The standard InChI is InChI=1S/C27H29N3O5/c31-25(29-13-7-1-2-8-14-29)17-30-16-21(20-9-3-4-10-22(20)30)26(32)27(33)28-15-19-18-34-23-11-5-6-12-24(23)35-19/h3-6,9-12,16,19H,1-2,7-8,13-15,17-18H2,(H,28,33)/t19-/m0/s1. The van der Waals surface area contributed by atoms with E-state index in [4.69, 9.17) is 9.47 Å². The minimum atomic E-state index is -0.714. The fourth-order valence-corrected chi connectivity index (χ4v) is 4.70. The fraction of sp³-hybridized carbons (Fsp3) is 0.370. The number of hydrogen-bond donors (Lipinski definition) is 1. The van der Waals surface area contributed by atoms with Crippen LogP contribution in [0.15, 0.2) is 54.7 Å². The number of fused-ring (bicyclic) bond motifs is 2. The number of likely N-dealkylation sites (tertiary alicyclic amines) is 1. The summed E-state index contributed by atoms with van der Waals surface area (Å²) in [5, 5.41) is 3.33. The first-order valence-electron chi connectivity index (χ1n) is 12.2. The van der Waals surface area contributed by atoms with Crippen LogP contribution in [0.3, 0.4) is 0 Å². The zero-order chi connectivity index (χ0) is 24.2. The minimum absolute atomic E-state index is 0.0332. The Labute approximate surface area is 203 Å². The highest BCUT2D eigenvalue weighted by Gasteiger charge is 2.26. The van der Waals surface area contributed by atoms with Gasteiger partial charge in [-0.05, 0) is 31.0 Å². The number of Topliss-reactive ketones (excluding diaryl/α,β-unsaturated/α-hetero) is 1. The van der Waals surface area contributed by atoms with Crippen LogP contribution in [0.4, 0.5) is 0 Å². The van der Waals surface area contributed by atoms with E-state index in [-0.39, 0.29) is 31.2 Å². The normalized spacial score (nSPS) is 17.6. The highest BCUT2D eigenvalue weighted by molar-refractivity contribution is 6.45. The molecule has 35 heavy (non-hydrogen) atoms. The first-order valence-corrected chi connectivity index (χ1v) is 12.2. The molecule has 1 N–H and O–H groups in total. The molecular formula is C27H29N3O5. The van der Waals surface area contributed by atoms with Crippen molar-refractivity contribution in [3.8, 4) is 11.5 Å². The molecule has 2 amide bonds. The van der Waals surface area contributed by atoms with Crippen molar-refractivity contribution in [2.45, 2.75) is 38.3 Å². The number of carbonyl (C=O) groups is 3. The maximum atomic E-state index is 13.1. The van der Waals surface area contributed by atoms with Gasteiger partial charge in [0.05, 0.1) is 12.1 Å². The third-order valence-corrected chi connectivity index (χ3v) is 6.56. The van der Waals surface area contributed by atoms with Gasteiger partial charge in [0.1, 0.15) is 19.3 Å². The average Bonchev–Trinajstić information content (AvgIpc) is 3.05. The number of nitrogens with one attached hydrogen (secondary N) is 1. The molecule has 0 bridgehead atoms. The van der Waals surface area contributed by atoms with Gasteiger partial charge in [-0.3, -0.25) is 14.4 Å². The van der Waals surface area contributed by atoms with Crippen LogP contribution in [-0.4, -0.2) is 59.4 Å². The van der Waals surface area contributed by atoms with E-state index in [0.29, 0.717) is 16.9 Å². The topological polar surface area (TPSA) is 89.9 Å². The van der Waals surface area contributed by atoms with E-state index >= 15 is 0 Å². The molecule has 8 nitrogen and oxygen atoms in total. The summed E-state index contributed by atoms with van der Waals surface area (Å²) in [5.41, 5.74) is 1.04. The summed E-state index contributed by atoms with van der Waals surface area (Å²) in [7, 11) is 0. The number of benzene rings is 2. The largest absolute Gasteiger partial charge is 0.486 e. The van der Waals surface area contributed by atoms with Crippen LogP contribution in [-0.2, 0) is 16.1 Å². The van der Waals surface area contributed by atoms with E-state index in [1.54, 1.807) is 22.9 Å². The zero-order valence-electron chi connectivity index (χ0n) is 19.6. The van der Waals surface area contributed by atoms with Crippen LogP contribution in [0.2, 0.25) is 0 Å². The maximum absolute atomic E-state index is 13.1. The van der Waals surface area contributed by atoms with Gasteiger partial charge in [-0.2, -0.15) is 0 Å². The predicted molar refractivity (Wildman–Crippen MR) is 131 cm³/mol. The molecule has 0 unspecified atom stereocenters. The third-order valence-electron chi connectivity index (χ3n) is 6.56. The Hall–Kier alpha value is -3.81. The van der Waals surface area contributed by atoms with E-state index in [1.165, 1.54) is 0 Å². The lowest BCUT2D eigenvalue weighted by Crippen LogP contribution is -2.42. The summed E-state index contributed by atoms with van der Waals surface area (Å²) >= 11 is 0. The van der Waals surface area contributed by atoms with E-state index < -0.39 is 17.8 Å². The quantitative estimate of drug-likeness (QED) is 0.437. The van der Waals surface area contributed by atoms with Gasteiger partial charge >= 0.3 is 0 Å². The molecule has 0 saturated carbocycles. The van der Waals surface area contributed by atoms with Crippen LogP contribution >= 0.6 is 0 Å². The first kappa shape index (κ1) is 23.0. The summed E-state index contributed by atoms with van der Waals surface area (Å²) in [5.74, 6) is -0.0468. The van der Waals surface area contributed by atoms with Gasteiger partial charge in [0.15, 0.2) is 11.5 Å². The van der Waals surface area contributed by atoms with Crippen molar-refractivity contribution in [3.63, 3.8) is 0 Å². The lowest BCUT2D eigenvalue weighted by atomic mass is 10.1. The predicted octanol–water partition coefficient (Wildman–Crippen LogP) is 3.18. The molecule has 1 atom stereocenters. The molecule has 0 aliphatic carbocycles. The maximum Gasteiger partial charge on any atom is 0.292 e. The van der Waals surface area contributed by atoms with Crippen molar-refractivity contribution < 1.29 is 23.9 Å². The Bertz CT molecular complexity index is 1240. The van der Waals surface area contributed by atoms with Crippen LogP contribution < -0.4 is 14.8 Å². The van der Waals surface area contributed by atoms with E-state index in [1.807, 2.05) is 41.3 Å². The number of amides is 2. The smallest absolute Gasteiger partial charge is 0.292 e. The van der Waals surface area contributed by atoms with Gasteiger partial charge in [-0.25, -0.2) is 0 Å². The molecule has 5 rings (SSSR count). The molecule has 0 spiro atoms. The molecule has 182 valence electrons. The lowest BCUT2D eigenvalue weighted by molar-refractivity contribution is -0.131. The molecule has 0 radical (unpaired) electrons. The Kier molecular flexibility index (Phi) is 6.70. The van der Waals surface area contributed by atoms with Gasteiger partial charge < -0.3 is 24.3 Å². The van der Waals surface area contributed by atoms with Crippen LogP contribution in [0.25, 0.3) is 10.9 Å². The van der Waals surface area contributed by atoms with Gasteiger partial charge in [0.25, 0.3) is 11.7 Å². The number of nitrogens with zero attached hydrogens (tertiary/aromatic N) is 2. The molecule has 3 aromatic rings. The minimum Gasteiger partial charge on any atom is -0.486 e. The number of ketones is 1. The van der Waals surface area contributed by atoms with Gasteiger partial charge in [-0.1, -0.05) is 43.2 Å². The van der Waals surface area contributed by atoms with Crippen molar-refractivity contribution in [2.75, 3.05) is 26.2 Å². The van der Waals surface area contributed by atoms with Crippen LogP contribution in [0, 0.1) is 0 Å². The zero-order valence-corrected chi connectivity index (χ0v) is 19.6. The van der Waals surface area contributed by atoms with Crippen LogP contribution in [0.1, 0.15) is 36.0 Å². The van der Waals surface area contributed by atoms with Crippen LogP contribution in [0.5, 0.6) is 11.5 Å². The molecule has 1 aromatic heterocycles. The van der Waals surface area contributed by atoms with Crippen molar-refractivity contribution in [3.05, 3.63) is 60.3 Å². The van der Waals surface area contributed by atoms with Crippen molar-refractivity contribution in [1.29, 1.82) is 0 Å². The lowest BCUT2D eigenvalue weighted by Gasteiger charge is -2.26. The van der Waals surface area contributed by atoms with E-state index in [0.717, 1.165) is 44.3 Å². The first-order chi connectivity index (χ1) is 17.1. The van der Waals surface area contributed by atoms with E-state index in [9.17, 15) is 14.4 Å². The summed E-state index contributed by atoms with van der Waals surface area (Å²) < 4.78 is 13.3. The van der Waals surface area contributed by atoms with E-state index in [2.05, 4.69) is 5.32 Å². The number of hydrogen-bond acceptors (Lipinski definition) is 5. The van der Waals surface area contributed by atoms with Gasteiger partial charge in [0.2, 0.25) is 5.91 Å². The highest BCUT2D eigenvalue weighted by Crippen LogP contribution is 2.30. The molecule has 1 saturated heterocycles. The summed E-state index contributed by atoms with van der Waals surface area (Å²) in [6, 6.07) is 14.7. The van der Waals surface area contributed by atoms with Crippen molar-refractivity contribution >= 4 is 28.5 Å².